The molecule has 1 aromatic heterocycles. The van der Waals surface area contributed by atoms with E-state index in [4.69, 9.17) is 14.5 Å². The lowest BCUT2D eigenvalue weighted by molar-refractivity contribution is -0.156. The van der Waals surface area contributed by atoms with Gasteiger partial charge in [0.1, 0.15) is 16.7 Å². The van der Waals surface area contributed by atoms with Crippen LogP contribution in [0.4, 0.5) is 9.59 Å². The predicted octanol–water partition coefficient (Wildman–Crippen LogP) is 6.12. The van der Waals surface area contributed by atoms with Gasteiger partial charge in [-0.1, -0.05) is 28.1 Å². The number of nitrogens with one attached hydrogen (secondary N) is 1. The van der Waals surface area contributed by atoms with Crippen molar-refractivity contribution in [2.45, 2.75) is 91.0 Å². The van der Waals surface area contributed by atoms with Crippen molar-refractivity contribution in [1.82, 2.24) is 20.3 Å². The van der Waals surface area contributed by atoms with Crippen molar-refractivity contribution in [2.24, 2.45) is 0 Å². The summed E-state index contributed by atoms with van der Waals surface area (Å²) in [6, 6.07) is 9.19. The molecule has 2 heterocycles. The molecule has 10 heteroatoms. The van der Waals surface area contributed by atoms with Crippen LogP contribution in [0.2, 0.25) is 0 Å². The van der Waals surface area contributed by atoms with E-state index in [1.807, 2.05) is 37.3 Å². The van der Waals surface area contributed by atoms with Gasteiger partial charge in [-0.15, -0.1) is 0 Å². The minimum atomic E-state index is -1.40. The number of ether oxygens (including phenoxy) is 2. The largest absolute Gasteiger partial charge is 0.442 e. The Balaban J connectivity index is 1.92. The molecule has 1 N–H and O–H groups in total. The van der Waals surface area contributed by atoms with Crippen LogP contribution in [0.15, 0.2) is 34.8 Å². The second kappa shape index (κ2) is 10.5. The van der Waals surface area contributed by atoms with Crippen molar-refractivity contribution in [3.8, 4) is 0 Å². The second-order valence-corrected chi connectivity index (χ2v) is 12.5. The van der Waals surface area contributed by atoms with Crippen LogP contribution in [-0.4, -0.2) is 56.4 Å². The van der Waals surface area contributed by atoms with E-state index in [-0.39, 0.29) is 6.54 Å². The first kappa shape index (κ1) is 28.7. The quantitative estimate of drug-likeness (QED) is 0.472. The molecule has 37 heavy (non-hydrogen) atoms. The fraction of sp³-hybridized carbons (Fsp3) is 0.556. The Morgan fingerprint density at radius 2 is 1.62 bits per heavy atom. The topological polar surface area (TPSA) is 101 Å². The van der Waals surface area contributed by atoms with E-state index in [2.05, 4.69) is 21.2 Å². The summed E-state index contributed by atoms with van der Waals surface area (Å²) in [5.41, 5.74) is -1.54. The monoisotopic (exact) mass is 576 g/mol. The molecule has 0 radical (unpaired) electrons. The molecule has 2 aromatic rings. The van der Waals surface area contributed by atoms with Gasteiger partial charge in [-0.25, -0.2) is 14.6 Å². The number of amides is 3. The standard InChI is InChI=1S/C27H37BrN4O5/c1-17(20-13-11-18-10-12-19(28)16-21(18)30-20)29-22(33)27(8)14-9-15-31(23(34)36-25(2,3)4)32(27)24(35)37-26(5,6)7/h10-13,16-17H,9,14-15H2,1-8H3,(H,29,33)/t17-,27?/m1/s1. The number of halogens is 1. The van der Waals surface area contributed by atoms with E-state index in [1.165, 1.54) is 5.01 Å². The molecule has 9 nitrogen and oxygen atoms in total. The van der Waals surface area contributed by atoms with Crippen molar-refractivity contribution < 1.29 is 23.9 Å². The van der Waals surface area contributed by atoms with E-state index in [1.54, 1.807) is 48.5 Å². The van der Waals surface area contributed by atoms with Gasteiger partial charge in [0.2, 0.25) is 5.91 Å². The molecule has 1 saturated heterocycles. The van der Waals surface area contributed by atoms with Crippen molar-refractivity contribution in [3.63, 3.8) is 0 Å². The number of hydrogen-bond acceptors (Lipinski definition) is 6. The van der Waals surface area contributed by atoms with Crippen LogP contribution in [0.5, 0.6) is 0 Å². The summed E-state index contributed by atoms with van der Waals surface area (Å²) in [5.74, 6) is -0.421. The van der Waals surface area contributed by atoms with E-state index in [9.17, 15) is 14.4 Å². The summed E-state index contributed by atoms with van der Waals surface area (Å²) >= 11 is 3.47. The number of rotatable bonds is 3. The van der Waals surface area contributed by atoms with Crippen molar-refractivity contribution in [3.05, 3.63) is 40.5 Å². The minimum absolute atomic E-state index is 0.216. The number of hydrogen-bond donors (Lipinski definition) is 1. The Bertz CT molecular complexity index is 1190. The molecule has 0 spiro atoms. The van der Waals surface area contributed by atoms with Crippen LogP contribution in [0.25, 0.3) is 10.9 Å². The first-order valence-corrected chi connectivity index (χ1v) is 13.2. The second-order valence-electron chi connectivity index (χ2n) is 11.5. The summed E-state index contributed by atoms with van der Waals surface area (Å²) in [6.45, 7) is 14.1. The van der Waals surface area contributed by atoms with Gasteiger partial charge >= 0.3 is 12.2 Å². The molecule has 0 bridgehead atoms. The minimum Gasteiger partial charge on any atom is -0.442 e. The average molecular weight is 578 g/mol. The van der Waals surface area contributed by atoms with Crippen molar-refractivity contribution in [2.75, 3.05) is 6.54 Å². The highest BCUT2D eigenvalue weighted by atomic mass is 79.9. The first-order chi connectivity index (χ1) is 17.0. The third-order valence-electron chi connectivity index (χ3n) is 5.87. The number of hydrazine groups is 1. The zero-order chi connectivity index (χ0) is 27.8. The van der Waals surface area contributed by atoms with Gasteiger partial charge in [0.25, 0.3) is 0 Å². The van der Waals surface area contributed by atoms with E-state index in [0.717, 1.165) is 20.4 Å². The molecule has 3 rings (SSSR count). The summed E-state index contributed by atoms with van der Waals surface area (Å²) < 4.78 is 12.1. The molecule has 2 atom stereocenters. The SMILES string of the molecule is C[C@@H](NC(=O)C1(C)CCCN(C(=O)OC(C)(C)C)N1C(=O)OC(C)(C)C)c1ccc2ccc(Br)cc2n1. The van der Waals surface area contributed by atoms with Crippen molar-refractivity contribution in [1.29, 1.82) is 0 Å². The Morgan fingerprint density at radius 1 is 1.03 bits per heavy atom. The Labute approximate surface area is 227 Å². The van der Waals surface area contributed by atoms with Gasteiger partial charge in [0, 0.05) is 16.4 Å². The maximum Gasteiger partial charge on any atom is 0.430 e. The summed E-state index contributed by atoms with van der Waals surface area (Å²) in [6.07, 6.45) is -0.676. The van der Waals surface area contributed by atoms with Crippen LogP contribution in [0.1, 0.15) is 80.0 Å². The zero-order valence-electron chi connectivity index (χ0n) is 22.8. The van der Waals surface area contributed by atoms with Crippen LogP contribution >= 0.6 is 15.9 Å². The molecule has 0 aliphatic carbocycles. The van der Waals surface area contributed by atoms with Gasteiger partial charge in [0.15, 0.2) is 0 Å². The molecule has 1 aliphatic rings. The number of carbonyl (C=O) groups is 3. The van der Waals surface area contributed by atoms with E-state index in [0.29, 0.717) is 18.5 Å². The maximum absolute atomic E-state index is 13.8. The molecular weight excluding hydrogens is 540 g/mol. The fourth-order valence-electron chi connectivity index (χ4n) is 4.12. The van der Waals surface area contributed by atoms with E-state index < -0.39 is 40.9 Å². The highest BCUT2D eigenvalue weighted by molar-refractivity contribution is 9.10. The number of fused-ring (bicyclic) bond motifs is 1. The van der Waals surface area contributed by atoms with Crippen LogP contribution < -0.4 is 5.32 Å². The van der Waals surface area contributed by atoms with Crippen LogP contribution in [0, 0.1) is 0 Å². The lowest BCUT2D eigenvalue weighted by Gasteiger charge is -2.49. The van der Waals surface area contributed by atoms with Gasteiger partial charge in [-0.2, -0.15) is 5.01 Å². The fourth-order valence-corrected chi connectivity index (χ4v) is 4.47. The number of aromatic nitrogens is 1. The molecule has 202 valence electrons. The van der Waals surface area contributed by atoms with Crippen LogP contribution in [0.3, 0.4) is 0 Å². The molecular formula is C27H37BrN4O5. The Morgan fingerprint density at radius 3 is 2.24 bits per heavy atom. The highest BCUT2D eigenvalue weighted by Gasteiger charge is 2.52. The number of benzene rings is 1. The van der Waals surface area contributed by atoms with Gasteiger partial charge < -0.3 is 14.8 Å². The zero-order valence-corrected chi connectivity index (χ0v) is 24.4. The molecule has 0 saturated carbocycles. The molecule has 3 amide bonds. The first-order valence-electron chi connectivity index (χ1n) is 12.4. The lowest BCUT2D eigenvalue weighted by Crippen LogP contribution is -2.69. The smallest absolute Gasteiger partial charge is 0.430 e. The number of carbonyl (C=O) groups excluding carboxylic acids is 3. The molecule has 1 aromatic carbocycles. The average Bonchev–Trinajstić information content (AvgIpc) is 2.75. The molecule has 1 aliphatic heterocycles. The predicted molar refractivity (Wildman–Crippen MR) is 145 cm³/mol. The highest BCUT2D eigenvalue weighted by Crippen LogP contribution is 2.33. The number of nitrogens with zero attached hydrogens (tertiary/aromatic N) is 3. The molecule has 1 fully saturated rings. The van der Waals surface area contributed by atoms with Gasteiger partial charge in [0.05, 0.1) is 17.3 Å². The summed E-state index contributed by atoms with van der Waals surface area (Å²) in [7, 11) is 0. The van der Waals surface area contributed by atoms with Crippen molar-refractivity contribution >= 4 is 44.9 Å². The number of pyridine rings is 1. The Kier molecular flexibility index (Phi) is 8.12. The lowest BCUT2D eigenvalue weighted by atomic mass is 9.91. The van der Waals surface area contributed by atoms with E-state index >= 15 is 0 Å². The third-order valence-corrected chi connectivity index (χ3v) is 6.36. The normalized spacial score (nSPS) is 19.4. The maximum atomic E-state index is 13.8. The Hall–Kier alpha value is -2.88. The van der Waals surface area contributed by atoms with Gasteiger partial charge in [-0.05, 0) is 86.4 Å². The van der Waals surface area contributed by atoms with Crippen LogP contribution in [-0.2, 0) is 14.3 Å². The summed E-state index contributed by atoms with van der Waals surface area (Å²) in [4.78, 5) is 45.0. The summed E-state index contributed by atoms with van der Waals surface area (Å²) in [5, 5.41) is 6.27. The molecule has 1 unspecified atom stereocenters. The third kappa shape index (κ3) is 6.91. The van der Waals surface area contributed by atoms with Gasteiger partial charge in [-0.3, -0.25) is 9.78 Å².